The maximum Gasteiger partial charge on any atom is 0.225 e. The molecular weight excluding hydrogens is 350 g/mol. The van der Waals surface area contributed by atoms with Crippen LogP contribution in [0.15, 0.2) is 54.9 Å². The van der Waals surface area contributed by atoms with Crippen molar-refractivity contribution in [2.75, 3.05) is 23.3 Å². The molecule has 1 amide bonds. The van der Waals surface area contributed by atoms with Crippen molar-refractivity contribution < 1.29 is 4.79 Å². The van der Waals surface area contributed by atoms with Crippen molar-refractivity contribution in [1.29, 1.82) is 5.26 Å². The maximum absolute atomic E-state index is 12.4. The predicted molar refractivity (Wildman–Crippen MR) is 109 cm³/mol. The minimum absolute atomic E-state index is 0.0305. The molecule has 1 aliphatic rings. The number of pyridine rings is 1. The Balaban J connectivity index is 1.27. The van der Waals surface area contributed by atoms with Gasteiger partial charge in [-0.15, -0.1) is 0 Å². The van der Waals surface area contributed by atoms with E-state index in [-0.39, 0.29) is 5.91 Å². The number of fused-ring (bicyclic) bond motifs is 1. The van der Waals surface area contributed by atoms with Crippen LogP contribution < -0.4 is 10.2 Å². The van der Waals surface area contributed by atoms with Crippen LogP contribution in [0.1, 0.15) is 31.2 Å². The highest BCUT2D eigenvalue weighted by atomic mass is 16.1. The first-order valence-corrected chi connectivity index (χ1v) is 9.70. The van der Waals surface area contributed by atoms with Crippen LogP contribution in [-0.2, 0) is 4.79 Å². The van der Waals surface area contributed by atoms with Crippen LogP contribution in [0.25, 0.3) is 5.65 Å². The molecule has 4 rings (SSSR count). The number of anilines is 2. The van der Waals surface area contributed by atoms with E-state index in [0.717, 1.165) is 49.2 Å². The summed E-state index contributed by atoms with van der Waals surface area (Å²) < 4.78 is 1.88. The van der Waals surface area contributed by atoms with E-state index < -0.39 is 0 Å². The quantitative estimate of drug-likeness (QED) is 0.737. The molecule has 28 heavy (non-hydrogen) atoms. The minimum Gasteiger partial charge on any atom is -0.370 e. The molecule has 2 aromatic heterocycles. The number of amides is 1. The summed E-state index contributed by atoms with van der Waals surface area (Å²) in [5.74, 6) is 1.28. The first-order valence-electron chi connectivity index (χ1n) is 9.70. The number of piperidine rings is 1. The Morgan fingerprint density at radius 3 is 2.79 bits per heavy atom. The third kappa shape index (κ3) is 3.84. The average Bonchev–Trinajstić information content (AvgIpc) is 3.15. The number of carbonyl (C=O) groups excluding carboxylic acids is 1. The van der Waals surface area contributed by atoms with Crippen molar-refractivity contribution in [2.45, 2.75) is 25.7 Å². The summed E-state index contributed by atoms with van der Waals surface area (Å²) in [4.78, 5) is 18.9. The van der Waals surface area contributed by atoms with Gasteiger partial charge in [-0.3, -0.25) is 9.20 Å². The van der Waals surface area contributed by atoms with Gasteiger partial charge in [0.25, 0.3) is 0 Å². The molecule has 0 unspecified atom stereocenters. The van der Waals surface area contributed by atoms with Crippen LogP contribution >= 0.6 is 0 Å². The minimum atomic E-state index is 0.0305. The molecule has 0 radical (unpaired) electrons. The van der Waals surface area contributed by atoms with Gasteiger partial charge in [0.2, 0.25) is 5.91 Å². The number of hydrogen-bond acceptors (Lipinski definition) is 4. The fourth-order valence-electron chi connectivity index (χ4n) is 3.87. The van der Waals surface area contributed by atoms with E-state index in [0.29, 0.717) is 18.2 Å². The van der Waals surface area contributed by atoms with Gasteiger partial charge in [0.15, 0.2) is 0 Å². The number of aromatic nitrogens is 2. The van der Waals surface area contributed by atoms with Gasteiger partial charge < -0.3 is 10.2 Å². The number of para-hydroxylation sites is 1. The fraction of sp³-hybridized carbons (Fsp3) is 0.318. The highest BCUT2D eigenvalue weighted by Crippen LogP contribution is 2.28. The molecule has 1 aliphatic heterocycles. The molecule has 142 valence electrons. The lowest BCUT2D eigenvalue weighted by Gasteiger charge is -2.34. The zero-order chi connectivity index (χ0) is 19.3. The van der Waals surface area contributed by atoms with Crippen LogP contribution in [0.5, 0.6) is 0 Å². The standard InChI is InChI=1S/C22H23N5O/c23-15-18-5-1-2-6-19(18)26-13-10-17(11-14-26)8-9-22(28)25-21-16-24-20-7-3-4-12-27(20)21/h1-7,12,16-17H,8-11,13-14H2,(H,25,28). The molecule has 0 atom stereocenters. The molecule has 1 aromatic carbocycles. The Morgan fingerprint density at radius 1 is 1.18 bits per heavy atom. The van der Waals surface area contributed by atoms with Gasteiger partial charge >= 0.3 is 0 Å². The van der Waals surface area contributed by atoms with Crippen LogP contribution in [0, 0.1) is 17.2 Å². The normalized spacial score (nSPS) is 14.8. The molecule has 6 heteroatoms. The fourth-order valence-corrected chi connectivity index (χ4v) is 3.87. The molecule has 1 saturated heterocycles. The zero-order valence-electron chi connectivity index (χ0n) is 15.7. The van der Waals surface area contributed by atoms with E-state index in [4.69, 9.17) is 0 Å². The van der Waals surface area contributed by atoms with Crippen LogP contribution in [-0.4, -0.2) is 28.4 Å². The second kappa shape index (κ2) is 8.13. The van der Waals surface area contributed by atoms with Gasteiger partial charge in [-0.25, -0.2) is 4.98 Å². The number of benzene rings is 1. The summed E-state index contributed by atoms with van der Waals surface area (Å²) in [5, 5.41) is 12.3. The second-order valence-corrected chi connectivity index (χ2v) is 7.22. The Kier molecular flexibility index (Phi) is 5.24. The van der Waals surface area contributed by atoms with Crippen molar-refractivity contribution in [3.8, 4) is 6.07 Å². The number of hydrogen-bond donors (Lipinski definition) is 1. The average molecular weight is 373 g/mol. The molecule has 6 nitrogen and oxygen atoms in total. The third-order valence-electron chi connectivity index (χ3n) is 5.44. The first-order chi connectivity index (χ1) is 13.7. The molecular formula is C22H23N5O. The van der Waals surface area contributed by atoms with E-state index in [2.05, 4.69) is 21.3 Å². The number of nitriles is 1. The van der Waals surface area contributed by atoms with Crippen molar-refractivity contribution >= 4 is 23.1 Å². The zero-order valence-corrected chi connectivity index (χ0v) is 15.7. The number of carbonyl (C=O) groups is 1. The first kappa shape index (κ1) is 18.1. The van der Waals surface area contributed by atoms with Crippen LogP contribution in [0.3, 0.4) is 0 Å². The molecule has 3 heterocycles. The van der Waals surface area contributed by atoms with Gasteiger partial charge in [0, 0.05) is 25.7 Å². The molecule has 0 aliphatic carbocycles. The van der Waals surface area contributed by atoms with E-state index in [1.54, 1.807) is 6.20 Å². The Bertz CT molecular complexity index is 1010. The Labute approximate surface area is 164 Å². The van der Waals surface area contributed by atoms with Crippen molar-refractivity contribution in [1.82, 2.24) is 9.38 Å². The lowest BCUT2D eigenvalue weighted by molar-refractivity contribution is -0.116. The Morgan fingerprint density at radius 2 is 1.96 bits per heavy atom. The summed E-state index contributed by atoms with van der Waals surface area (Å²) >= 11 is 0. The van der Waals surface area contributed by atoms with E-state index in [1.807, 2.05) is 53.1 Å². The van der Waals surface area contributed by atoms with Gasteiger partial charge in [-0.05, 0) is 49.4 Å². The smallest absolute Gasteiger partial charge is 0.225 e. The van der Waals surface area contributed by atoms with E-state index in [9.17, 15) is 10.1 Å². The maximum atomic E-state index is 12.4. The van der Waals surface area contributed by atoms with Gasteiger partial charge in [-0.1, -0.05) is 18.2 Å². The number of imidazole rings is 1. The molecule has 0 spiro atoms. The summed E-state index contributed by atoms with van der Waals surface area (Å²) in [7, 11) is 0. The topological polar surface area (TPSA) is 73.4 Å². The van der Waals surface area contributed by atoms with Crippen molar-refractivity contribution in [3.05, 3.63) is 60.4 Å². The lowest BCUT2D eigenvalue weighted by Crippen LogP contribution is -2.34. The van der Waals surface area contributed by atoms with Crippen LogP contribution in [0.4, 0.5) is 11.5 Å². The summed E-state index contributed by atoms with van der Waals surface area (Å²) in [5.41, 5.74) is 2.57. The number of rotatable bonds is 5. The largest absolute Gasteiger partial charge is 0.370 e. The van der Waals surface area contributed by atoms with E-state index >= 15 is 0 Å². The summed E-state index contributed by atoms with van der Waals surface area (Å²) in [6, 6.07) is 15.8. The number of nitrogens with one attached hydrogen (secondary N) is 1. The predicted octanol–water partition coefficient (Wildman–Crippen LogP) is 3.84. The Hall–Kier alpha value is -3.33. The van der Waals surface area contributed by atoms with Gasteiger partial charge in [0.05, 0.1) is 17.4 Å². The highest BCUT2D eigenvalue weighted by molar-refractivity contribution is 5.90. The summed E-state index contributed by atoms with van der Waals surface area (Å²) in [6.07, 6.45) is 7.08. The SMILES string of the molecule is N#Cc1ccccc1N1CCC(CCC(=O)Nc2cnc3ccccn23)CC1. The van der Waals surface area contributed by atoms with Crippen molar-refractivity contribution in [2.24, 2.45) is 5.92 Å². The second-order valence-electron chi connectivity index (χ2n) is 7.22. The molecule has 0 saturated carbocycles. The third-order valence-corrected chi connectivity index (χ3v) is 5.44. The van der Waals surface area contributed by atoms with Crippen LogP contribution in [0.2, 0.25) is 0 Å². The highest BCUT2D eigenvalue weighted by Gasteiger charge is 2.21. The van der Waals surface area contributed by atoms with E-state index in [1.165, 1.54) is 0 Å². The lowest BCUT2D eigenvalue weighted by atomic mass is 9.91. The number of nitrogens with zero attached hydrogens (tertiary/aromatic N) is 4. The van der Waals surface area contributed by atoms with Crippen molar-refractivity contribution in [3.63, 3.8) is 0 Å². The van der Waals surface area contributed by atoms with Gasteiger partial charge in [-0.2, -0.15) is 5.26 Å². The van der Waals surface area contributed by atoms with Gasteiger partial charge in [0.1, 0.15) is 17.5 Å². The molecule has 1 N–H and O–H groups in total. The monoisotopic (exact) mass is 373 g/mol. The molecule has 3 aromatic rings. The molecule has 0 bridgehead atoms. The molecule has 1 fully saturated rings. The summed E-state index contributed by atoms with van der Waals surface area (Å²) in [6.45, 7) is 1.86.